The summed E-state index contributed by atoms with van der Waals surface area (Å²) in [6.45, 7) is 7.17. The summed E-state index contributed by atoms with van der Waals surface area (Å²) < 4.78 is 16.3. The first-order chi connectivity index (χ1) is 19.6. The van der Waals surface area contributed by atoms with Gasteiger partial charge in [-0.15, -0.1) is 0 Å². The summed E-state index contributed by atoms with van der Waals surface area (Å²) in [5, 5.41) is 0. The lowest BCUT2D eigenvalue weighted by atomic mass is 9.83. The maximum Gasteiger partial charge on any atom is 0.330 e. The van der Waals surface area contributed by atoms with Gasteiger partial charge in [0.05, 0.1) is 11.8 Å². The zero-order valence-electron chi connectivity index (χ0n) is 24.2. The first-order valence-corrected chi connectivity index (χ1v) is 14.1. The van der Waals surface area contributed by atoms with E-state index in [1.54, 1.807) is 13.0 Å². The van der Waals surface area contributed by atoms with Crippen molar-refractivity contribution in [3.8, 4) is 11.1 Å². The fraction of sp³-hybridized carbons (Fsp3) is 0.343. The second-order valence-corrected chi connectivity index (χ2v) is 11.4. The Morgan fingerprint density at radius 1 is 0.780 bits per heavy atom. The van der Waals surface area contributed by atoms with Crippen LogP contribution in [0.4, 0.5) is 0 Å². The molecule has 0 N–H and O–H groups in total. The molecule has 1 aliphatic carbocycles. The highest BCUT2D eigenvalue weighted by Crippen LogP contribution is 2.48. The van der Waals surface area contributed by atoms with Crippen molar-refractivity contribution in [2.75, 3.05) is 13.2 Å². The number of esters is 3. The van der Waals surface area contributed by atoms with E-state index in [1.165, 1.54) is 28.3 Å². The van der Waals surface area contributed by atoms with E-state index < -0.39 is 29.4 Å². The van der Waals surface area contributed by atoms with Crippen molar-refractivity contribution in [1.82, 2.24) is 0 Å². The van der Waals surface area contributed by atoms with Gasteiger partial charge in [-0.3, -0.25) is 9.59 Å². The second-order valence-electron chi connectivity index (χ2n) is 11.4. The molecule has 0 aliphatic heterocycles. The quantitative estimate of drug-likeness (QED) is 0.110. The van der Waals surface area contributed by atoms with E-state index in [0.29, 0.717) is 6.42 Å². The Morgan fingerprint density at radius 3 is 1.95 bits per heavy atom. The SMILES string of the molecule is CC(CC(CC1c2ccccc2-c2ccccc21)C(=O)OC(C)(C)C)C(=O)OCCOC(=O)/C=C/c1ccccc1. The Bertz CT molecular complexity index is 1340. The van der Waals surface area contributed by atoms with Crippen molar-refractivity contribution < 1.29 is 28.6 Å². The van der Waals surface area contributed by atoms with Crippen molar-refractivity contribution >= 4 is 24.0 Å². The molecule has 0 heterocycles. The van der Waals surface area contributed by atoms with Crippen LogP contribution < -0.4 is 0 Å². The Kier molecular flexibility index (Phi) is 9.77. The van der Waals surface area contributed by atoms with Crippen LogP contribution in [0.25, 0.3) is 17.2 Å². The van der Waals surface area contributed by atoms with Crippen molar-refractivity contribution in [2.24, 2.45) is 11.8 Å². The van der Waals surface area contributed by atoms with Gasteiger partial charge in [0.15, 0.2) is 0 Å². The highest BCUT2D eigenvalue weighted by Gasteiger charge is 2.36. The average Bonchev–Trinajstić information content (AvgIpc) is 3.26. The molecule has 0 saturated heterocycles. The Balaban J connectivity index is 1.36. The molecular weight excluding hydrogens is 516 g/mol. The van der Waals surface area contributed by atoms with Gasteiger partial charge in [-0.1, -0.05) is 85.8 Å². The minimum absolute atomic E-state index is 0.0199. The normalized spacial score (nSPS) is 14.1. The lowest BCUT2D eigenvalue weighted by Gasteiger charge is -2.27. The van der Waals surface area contributed by atoms with Gasteiger partial charge in [-0.2, -0.15) is 0 Å². The molecule has 6 heteroatoms. The molecule has 0 fully saturated rings. The summed E-state index contributed by atoms with van der Waals surface area (Å²) in [5.74, 6) is -2.32. The molecular formula is C35H38O6. The summed E-state index contributed by atoms with van der Waals surface area (Å²) in [6, 6.07) is 25.9. The predicted molar refractivity (Wildman–Crippen MR) is 159 cm³/mol. The van der Waals surface area contributed by atoms with E-state index in [2.05, 4.69) is 24.3 Å². The smallest absolute Gasteiger partial charge is 0.330 e. The van der Waals surface area contributed by atoms with Gasteiger partial charge in [0, 0.05) is 12.0 Å². The minimum atomic E-state index is -0.649. The first-order valence-electron chi connectivity index (χ1n) is 14.1. The van der Waals surface area contributed by atoms with Gasteiger partial charge in [0.25, 0.3) is 0 Å². The molecule has 2 atom stereocenters. The van der Waals surface area contributed by atoms with Crippen LogP contribution in [0.15, 0.2) is 84.9 Å². The van der Waals surface area contributed by atoms with E-state index in [4.69, 9.17) is 14.2 Å². The average molecular weight is 555 g/mol. The molecule has 0 radical (unpaired) electrons. The van der Waals surface area contributed by atoms with Gasteiger partial charge in [0.1, 0.15) is 18.8 Å². The fourth-order valence-corrected chi connectivity index (χ4v) is 5.20. The maximum atomic E-state index is 13.4. The molecule has 2 unspecified atom stereocenters. The number of fused-ring (bicyclic) bond motifs is 3. The lowest BCUT2D eigenvalue weighted by molar-refractivity contribution is -0.162. The zero-order valence-corrected chi connectivity index (χ0v) is 24.2. The van der Waals surface area contributed by atoms with E-state index in [-0.39, 0.29) is 31.5 Å². The molecule has 0 aromatic heterocycles. The molecule has 0 spiro atoms. The van der Waals surface area contributed by atoms with Crippen LogP contribution in [0.3, 0.4) is 0 Å². The Morgan fingerprint density at radius 2 is 1.34 bits per heavy atom. The third-order valence-corrected chi connectivity index (χ3v) is 7.05. The number of rotatable bonds is 11. The monoisotopic (exact) mass is 554 g/mol. The van der Waals surface area contributed by atoms with E-state index in [0.717, 1.165) is 5.56 Å². The summed E-state index contributed by atoms with van der Waals surface area (Å²) in [4.78, 5) is 38.2. The molecule has 0 bridgehead atoms. The molecule has 4 rings (SSSR count). The second kappa shape index (κ2) is 13.4. The molecule has 0 saturated carbocycles. The molecule has 41 heavy (non-hydrogen) atoms. The van der Waals surface area contributed by atoms with Gasteiger partial charge in [0.2, 0.25) is 0 Å². The Hall–Kier alpha value is -4.19. The van der Waals surface area contributed by atoms with Crippen molar-refractivity contribution in [2.45, 2.75) is 52.1 Å². The third-order valence-electron chi connectivity index (χ3n) is 7.05. The minimum Gasteiger partial charge on any atom is -0.462 e. The number of hydrogen-bond donors (Lipinski definition) is 0. The van der Waals surface area contributed by atoms with E-state index in [1.807, 2.05) is 75.4 Å². The maximum absolute atomic E-state index is 13.4. The predicted octanol–water partition coefficient (Wildman–Crippen LogP) is 6.97. The number of carbonyl (C=O) groups excluding carboxylic acids is 3. The molecule has 0 amide bonds. The largest absolute Gasteiger partial charge is 0.462 e. The highest BCUT2D eigenvalue weighted by atomic mass is 16.6. The van der Waals surface area contributed by atoms with E-state index >= 15 is 0 Å². The number of ether oxygens (including phenoxy) is 3. The molecule has 3 aromatic rings. The van der Waals surface area contributed by atoms with Gasteiger partial charge < -0.3 is 14.2 Å². The third kappa shape index (κ3) is 8.16. The summed E-state index contributed by atoms with van der Waals surface area (Å²) in [6.07, 6.45) is 3.80. The van der Waals surface area contributed by atoms with Crippen molar-refractivity contribution in [3.63, 3.8) is 0 Å². The standard InChI is InChI=1S/C35H38O6/c1-24(33(37)40-21-20-39-32(36)19-18-25-12-6-5-7-13-25)22-26(34(38)41-35(2,3)4)23-31-29-16-10-8-14-27(29)28-15-9-11-17-30(28)31/h5-19,24,26,31H,20-23H2,1-4H3/b19-18+. The van der Waals surface area contributed by atoms with Gasteiger partial charge in [-0.25, -0.2) is 4.79 Å². The van der Waals surface area contributed by atoms with Crippen LogP contribution in [0.5, 0.6) is 0 Å². The summed E-state index contributed by atoms with van der Waals surface area (Å²) in [5.41, 5.74) is 4.95. The lowest BCUT2D eigenvalue weighted by Crippen LogP contribution is -2.32. The van der Waals surface area contributed by atoms with Crippen LogP contribution in [-0.2, 0) is 28.6 Å². The summed E-state index contributed by atoms with van der Waals surface area (Å²) >= 11 is 0. The van der Waals surface area contributed by atoms with Crippen LogP contribution in [0, 0.1) is 11.8 Å². The highest BCUT2D eigenvalue weighted by molar-refractivity contribution is 5.87. The molecule has 1 aliphatic rings. The van der Waals surface area contributed by atoms with E-state index in [9.17, 15) is 14.4 Å². The van der Waals surface area contributed by atoms with Crippen LogP contribution in [0.1, 0.15) is 63.1 Å². The van der Waals surface area contributed by atoms with Crippen LogP contribution >= 0.6 is 0 Å². The number of benzene rings is 3. The fourth-order valence-electron chi connectivity index (χ4n) is 5.20. The summed E-state index contributed by atoms with van der Waals surface area (Å²) in [7, 11) is 0. The molecule has 214 valence electrons. The van der Waals surface area contributed by atoms with Crippen LogP contribution in [-0.4, -0.2) is 36.7 Å². The number of hydrogen-bond acceptors (Lipinski definition) is 6. The van der Waals surface area contributed by atoms with Gasteiger partial charge in [-0.05, 0) is 67.5 Å². The topological polar surface area (TPSA) is 78.9 Å². The van der Waals surface area contributed by atoms with Gasteiger partial charge >= 0.3 is 17.9 Å². The molecule has 3 aromatic carbocycles. The first kappa shape index (κ1) is 29.8. The van der Waals surface area contributed by atoms with Crippen LogP contribution in [0.2, 0.25) is 0 Å². The number of carbonyl (C=O) groups is 3. The molecule has 6 nitrogen and oxygen atoms in total. The Labute approximate surface area is 242 Å². The zero-order chi connectivity index (χ0) is 29.4. The van der Waals surface area contributed by atoms with Crippen molar-refractivity contribution in [1.29, 1.82) is 0 Å². The van der Waals surface area contributed by atoms with Crippen molar-refractivity contribution in [3.05, 3.63) is 102 Å².